The highest BCUT2D eigenvalue weighted by atomic mass is 35.5. The zero-order chi connectivity index (χ0) is 15.0. The fraction of sp³-hybridized carbons (Fsp3) is 0.214. The van der Waals surface area contributed by atoms with E-state index >= 15 is 0 Å². The maximum absolute atomic E-state index is 6.28. The zero-order valence-corrected chi connectivity index (χ0v) is 13.0. The Morgan fingerprint density at radius 3 is 2.71 bits per heavy atom. The van der Waals surface area contributed by atoms with Gasteiger partial charge in [0.25, 0.3) is 0 Å². The maximum atomic E-state index is 6.28. The first kappa shape index (κ1) is 14.1. The van der Waals surface area contributed by atoms with E-state index in [1.165, 1.54) is 0 Å². The van der Waals surface area contributed by atoms with Gasteiger partial charge < -0.3 is 4.90 Å². The molecule has 0 fully saturated rings. The molecule has 108 valence electrons. The van der Waals surface area contributed by atoms with Crippen LogP contribution in [0.15, 0.2) is 30.5 Å². The van der Waals surface area contributed by atoms with Crippen molar-refractivity contribution in [3.8, 4) is 0 Å². The van der Waals surface area contributed by atoms with E-state index in [1.54, 1.807) is 6.20 Å². The lowest BCUT2D eigenvalue weighted by molar-refractivity contribution is 0.731. The normalized spacial score (nSPS) is 12.6. The number of nitrogens with one attached hydrogen (secondary N) is 1. The summed E-state index contributed by atoms with van der Waals surface area (Å²) in [6.45, 7) is 2.06. The molecule has 0 radical (unpaired) electrons. The van der Waals surface area contributed by atoms with Gasteiger partial charge in [0.15, 0.2) is 5.65 Å². The van der Waals surface area contributed by atoms with Crippen molar-refractivity contribution >= 4 is 40.1 Å². The van der Waals surface area contributed by atoms with Crippen molar-refractivity contribution < 1.29 is 0 Å². The highest BCUT2D eigenvalue weighted by molar-refractivity contribution is 6.31. The minimum Gasteiger partial charge on any atom is -0.352 e. The summed E-state index contributed by atoms with van der Waals surface area (Å²) in [5, 5.41) is 8.53. The third kappa shape index (κ3) is 2.54. The van der Waals surface area contributed by atoms with Crippen LogP contribution in [0, 0.1) is 0 Å². The quantitative estimate of drug-likeness (QED) is 0.744. The van der Waals surface area contributed by atoms with E-state index in [2.05, 4.69) is 27.1 Å². The van der Waals surface area contributed by atoms with E-state index in [0.717, 1.165) is 16.0 Å². The summed E-state index contributed by atoms with van der Waals surface area (Å²) in [6.07, 6.45) is 1.69. The van der Waals surface area contributed by atoms with Crippen LogP contribution in [-0.2, 0) is 0 Å². The average Bonchev–Trinajstić information content (AvgIpc) is 2.93. The van der Waals surface area contributed by atoms with Gasteiger partial charge in [0.05, 0.1) is 17.6 Å². The molecule has 2 aromatic heterocycles. The van der Waals surface area contributed by atoms with Gasteiger partial charge in [-0.2, -0.15) is 15.1 Å². The number of hydrogen-bond acceptors (Lipinski definition) is 4. The summed E-state index contributed by atoms with van der Waals surface area (Å²) >= 11 is 12.3. The minimum absolute atomic E-state index is 0.0303. The van der Waals surface area contributed by atoms with Crippen LogP contribution < -0.4 is 4.90 Å². The van der Waals surface area contributed by atoms with Crippen LogP contribution in [0.1, 0.15) is 18.5 Å². The van der Waals surface area contributed by atoms with Crippen LogP contribution in [0.25, 0.3) is 11.0 Å². The number of hydrogen-bond donors (Lipinski definition) is 1. The number of anilines is 1. The molecule has 1 N–H and O–H groups in total. The molecule has 1 atom stereocenters. The number of benzene rings is 1. The molecule has 0 aliphatic carbocycles. The van der Waals surface area contributed by atoms with Crippen LogP contribution >= 0.6 is 23.2 Å². The first-order chi connectivity index (χ1) is 10.1. The summed E-state index contributed by atoms with van der Waals surface area (Å²) < 4.78 is 0. The van der Waals surface area contributed by atoms with Crippen LogP contribution in [0.3, 0.4) is 0 Å². The Bertz CT molecular complexity index is 786. The Morgan fingerprint density at radius 1 is 1.19 bits per heavy atom. The Kier molecular flexibility index (Phi) is 3.69. The Morgan fingerprint density at radius 2 is 1.95 bits per heavy atom. The number of fused-ring (bicyclic) bond motifs is 1. The molecule has 0 aliphatic heterocycles. The lowest BCUT2D eigenvalue weighted by Crippen LogP contribution is -2.23. The lowest BCUT2D eigenvalue weighted by Gasteiger charge is -2.27. The molecule has 0 saturated carbocycles. The molecule has 3 aromatic rings. The number of rotatable bonds is 3. The Balaban J connectivity index is 2.06. The molecule has 0 bridgehead atoms. The topological polar surface area (TPSA) is 57.7 Å². The molecule has 0 spiro atoms. The minimum atomic E-state index is 0.0303. The van der Waals surface area contributed by atoms with Crippen molar-refractivity contribution in [3.05, 3.63) is 46.3 Å². The molecule has 3 rings (SSSR count). The van der Waals surface area contributed by atoms with E-state index in [-0.39, 0.29) is 11.3 Å². The van der Waals surface area contributed by atoms with E-state index in [0.29, 0.717) is 11.5 Å². The van der Waals surface area contributed by atoms with Crippen LogP contribution in [-0.4, -0.2) is 27.2 Å². The van der Waals surface area contributed by atoms with Gasteiger partial charge in [0, 0.05) is 12.1 Å². The van der Waals surface area contributed by atoms with Gasteiger partial charge in [-0.1, -0.05) is 29.8 Å². The number of nitrogens with zero attached hydrogens (tertiary/aromatic N) is 4. The second-order valence-corrected chi connectivity index (χ2v) is 5.50. The van der Waals surface area contributed by atoms with E-state index in [9.17, 15) is 0 Å². The summed E-state index contributed by atoms with van der Waals surface area (Å²) in [5.41, 5.74) is 1.64. The molecule has 7 heteroatoms. The zero-order valence-electron chi connectivity index (χ0n) is 11.5. The smallest absolute Gasteiger partial charge is 0.226 e. The lowest BCUT2D eigenvalue weighted by atomic mass is 10.1. The Labute approximate surface area is 131 Å². The van der Waals surface area contributed by atoms with Gasteiger partial charge >= 0.3 is 0 Å². The van der Waals surface area contributed by atoms with Gasteiger partial charge in [0.1, 0.15) is 5.82 Å². The average molecular weight is 322 g/mol. The third-order valence-electron chi connectivity index (χ3n) is 3.53. The van der Waals surface area contributed by atoms with Crippen molar-refractivity contribution in [1.29, 1.82) is 0 Å². The van der Waals surface area contributed by atoms with Crippen LogP contribution in [0.2, 0.25) is 10.3 Å². The standard InChI is InChI=1S/C14H13Cl2N5/c1-8(9-5-3-4-6-11(9)15)21(2)13-10-7-17-20-12(10)18-14(16)19-13/h3-8H,1-2H3,(H,17,18,19,20). The van der Waals surface area contributed by atoms with Gasteiger partial charge in [-0.05, 0) is 30.2 Å². The van der Waals surface area contributed by atoms with Crippen LogP contribution in [0.5, 0.6) is 0 Å². The van der Waals surface area contributed by atoms with Gasteiger partial charge in [0.2, 0.25) is 5.28 Å². The van der Waals surface area contributed by atoms with Crippen LogP contribution in [0.4, 0.5) is 5.82 Å². The van der Waals surface area contributed by atoms with Gasteiger partial charge in [-0.15, -0.1) is 0 Å². The molecule has 1 aromatic carbocycles. The molecule has 21 heavy (non-hydrogen) atoms. The summed E-state index contributed by atoms with van der Waals surface area (Å²) in [4.78, 5) is 10.4. The number of H-pyrrole nitrogens is 1. The summed E-state index contributed by atoms with van der Waals surface area (Å²) in [6, 6.07) is 7.78. The van der Waals surface area contributed by atoms with Crippen molar-refractivity contribution in [2.24, 2.45) is 0 Å². The molecule has 1 unspecified atom stereocenters. The SMILES string of the molecule is CC(c1ccccc1Cl)N(C)c1nc(Cl)nc2[nH]ncc12. The predicted molar refractivity (Wildman–Crippen MR) is 85.0 cm³/mol. The molecule has 5 nitrogen and oxygen atoms in total. The Hall–Kier alpha value is -1.85. The van der Waals surface area contributed by atoms with E-state index in [1.807, 2.05) is 36.2 Å². The van der Waals surface area contributed by atoms with Gasteiger partial charge in [-0.3, -0.25) is 5.10 Å². The van der Waals surface area contributed by atoms with Crippen molar-refractivity contribution in [2.45, 2.75) is 13.0 Å². The van der Waals surface area contributed by atoms with Crippen molar-refractivity contribution in [3.63, 3.8) is 0 Å². The van der Waals surface area contributed by atoms with E-state index < -0.39 is 0 Å². The second-order valence-electron chi connectivity index (χ2n) is 4.76. The molecular formula is C14H13Cl2N5. The fourth-order valence-corrected chi connectivity index (χ4v) is 2.73. The molecule has 0 saturated heterocycles. The highest BCUT2D eigenvalue weighted by Crippen LogP contribution is 2.32. The molecule has 2 heterocycles. The highest BCUT2D eigenvalue weighted by Gasteiger charge is 2.19. The summed E-state index contributed by atoms with van der Waals surface area (Å²) in [5.74, 6) is 0.714. The number of halogens is 2. The van der Waals surface area contributed by atoms with E-state index in [4.69, 9.17) is 23.2 Å². The maximum Gasteiger partial charge on any atom is 0.226 e. The van der Waals surface area contributed by atoms with Crippen molar-refractivity contribution in [1.82, 2.24) is 20.2 Å². The largest absolute Gasteiger partial charge is 0.352 e. The second kappa shape index (κ2) is 5.50. The fourth-order valence-electron chi connectivity index (χ4n) is 2.27. The molecule has 0 aliphatic rings. The number of aromatic amines is 1. The predicted octanol–water partition coefficient (Wildman–Crippen LogP) is 3.86. The monoisotopic (exact) mass is 321 g/mol. The molecule has 0 amide bonds. The van der Waals surface area contributed by atoms with Crippen molar-refractivity contribution in [2.75, 3.05) is 11.9 Å². The summed E-state index contributed by atoms with van der Waals surface area (Å²) in [7, 11) is 1.94. The first-order valence-electron chi connectivity index (χ1n) is 6.42. The first-order valence-corrected chi connectivity index (χ1v) is 7.17. The number of aromatic nitrogens is 4. The molecular weight excluding hydrogens is 309 g/mol. The van der Waals surface area contributed by atoms with Gasteiger partial charge in [-0.25, -0.2) is 0 Å². The third-order valence-corrected chi connectivity index (χ3v) is 4.05.